The summed E-state index contributed by atoms with van der Waals surface area (Å²) in [5, 5.41) is 2.77. The minimum atomic E-state index is -3.34. The zero-order chi connectivity index (χ0) is 19.2. The normalized spacial score (nSPS) is 30.5. The van der Waals surface area contributed by atoms with E-state index in [1.54, 1.807) is 4.31 Å². The Hall–Kier alpha value is -1.54. The van der Waals surface area contributed by atoms with Crippen molar-refractivity contribution >= 4 is 15.9 Å². The molecular weight excluding hydrogens is 374 g/mol. The number of halogens is 2. The molecule has 1 amide bonds. The van der Waals surface area contributed by atoms with Gasteiger partial charge in [0, 0.05) is 24.2 Å². The van der Waals surface area contributed by atoms with Crippen molar-refractivity contribution in [2.45, 2.75) is 63.6 Å². The van der Waals surface area contributed by atoms with Crippen LogP contribution in [0.4, 0.5) is 8.78 Å². The maximum atomic E-state index is 13.9. The van der Waals surface area contributed by atoms with Crippen LogP contribution in [0.5, 0.6) is 0 Å². The minimum absolute atomic E-state index is 0.0197. The molecule has 3 fully saturated rings. The van der Waals surface area contributed by atoms with E-state index in [9.17, 15) is 22.0 Å². The predicted octanol–water partition coefficient (Wildman–Crippen LogP) is 2.71. The third kappa shape index (κ3) is 3.38. The highest BCUT2D eigenvalue weighted by Gasteiger charge is 2.58. The lowest BCUT2D eigenvalue weighted by atomic mass is 9.67. The maximum Gasteiger partial charge on any atom is 0.228 e. The Bertz CT molecular complexity index is 857. The van der Waals surface area contributed by atoms with Crippen LogP contribution < -0.4 is 5.32 Å². The molecule has 1 aliphatic heterocycles. The lowest BCUT2D eigenvalue weighted by Gasteiger charge is -2.51. The van der Waals surface area contributed by atoms with Gasteiger partial charge in [-0.25, -0.2) is 17.2 Å². The van der Waals surface area contributed by atoms with Crippen LogP contribution >= 0.6 is 0 Å². The first-order valence-corrected chi connectivity index (χ1v) is 11.2. The highest BCUT2D eigenvalue weighted by molar-refractivity contribution is 7.89. The molecule has 1 heterocycles. The number of nitrogens with zero attached hydrogens (tertiary/aromatic N) is 1. The molecule has 4 rings (SSSR count). The second-order valence-electron chi connectivity index (χ2n) is 7.96. The molecule has 0 unspecified atom stereocenters. The molecule has 1 aromatic rings. The second kappa shape index (κ2) is 6.81. The van der Waals surface area contributed by atoms with E-state index in [2.05, 4.69) is 5.32 Å². The van der Waals surface area contributed by atoms with E-state index >= 15 is 0 Å². The lowest BCUT2D eigenvalue weighted by Crippen LogP contribution is -2.63. The van der Waals surface area contributed by atoms with E-state index in [0.717, 1.165) is 43.9 Å². The molecule has 3 aliphatic rings. The highest BCUT2D eigenvalue weighted by Crippen LogP contribution is 2.50. The zero-order valence-electron chi connectivity index (χ0n) is 15.1. The van der Waals surface area contributed by atoms with E-state index in [0.29, 0.717) is 19.3 Å². The van der Waals surface area contributed by atoms with Crippen LogP contribution in [0.3, 0.4) is 0 Å². The fourth-order valence-corrected chi connectivity index (χ4v) is 6.91. The summed E-state index contributed by atoms with van der Waals surface area (Å²) in [6.45, 7) is -0.104. The molecule has 1 saturated heterocycles. The monoisotopic (exact) mass is 398 g/mol. The largest absolute Gasteiger partial charge is 0.351 e. The van der Waals surface area contributed by atoms with E-state index in [1.807, 2.05) is 0 Å². The molecular formula is C19H24F2N2O3S. The Kier molecular flexibility index (Phi) is 4.74. The third-order valence-electron chi connectivity index (χ3n) is 6.23. The maximum absolute atomic E-state index is 13.9. The number of fused-ring (bicyclic) bond motifs is 1. The molecule has 0 bridgehead atoms. The SMILES string of the molecule is O=C(NCc1cc(F)ccc1F)[C@@]12CCCC[C@H]1N(C1CC1)S(=O)(=O)CC2. The van der Waals surface area contributed by atoms with Crippen LogP contribution in [-0.2, 0) is 21.4 Å². The van der Waals surface area contributed by atoms with Crippen molar-refractivity contribution < 1.29 is 22.0 Å². The Labute approximate surface area is 158 Å². The number of carbonyl (C=O) groups excluding carboxylic acids is 1. The van der Waals surface area contributed by atoms with Crippen molar-refractivity contribution in [2.75, 3.05) is 5.75 Å². The molecule has 1 aromatic carbocycles. The van der Waals surface area contributed by atoms with Crippen molar-refractivity contribution in [1.29, 1.82) is 0 Å². The molecule has 8 heteroatoms. The number of amides is 1. The van der Waals surface area contributed by atoms with Gasteiger partial charge in [-0.2, -0.15) is 4.31 Å². The average molecular weight is 398 g/mol. The molecule has 148 valence electrons. The van der Waals surface area contributed by atoms with E-state index in [4.69, 9.17) is 0 Å². The van der Waals surface area contributed by atoms with Crippen LogP contribution in [0.15, 0.2) is 18.2 Å². The summed E-state index contributed by atoms with van der Waals surface area (Å²) in [4.78, 5) is 13.2. The molecule has 0 spiro atoms. The van der Waals surface area contributed by atoms with Crippen molar-refractivity contribution in [3.05, 3.63) is 35.4 Å². The number of hydrogen-bond acceptors (Lipinski definition) is 3. The minimum Gasteiger partial charge on any atom is -0.351 e. The van der Waals surface area contributed by atoms with Gasteiger partial charge >= 0.3 is 0 Å². The van der Waals surface area contributed by atoms with Crippen molar-refractivity contribution in [1.82, 2.24) is 9.62 Å². The van der Waals surface area contributed by atoms with Crippen LogP contribution in [0.2, 0.25) is 0 Å². The van der Waals surface area contributed by atoms with Gasteiger partial charge in [-0.15, -0.1) is 0 Å². The van der Waals surface area contributed by atoms with Crippen LogP contribution in [0.1, 0.15) is 50.5 Å². The first-order chi connectivity index (χ1) is 12.8. The van der Waals surface area contributed by atoms with Gasteiger partial charge in [0.15, 0.2) is 0 Å². The highest BCUT2D eigenvalue weighted by atomic mass is 32.2. The van der Waals surface area contributed by atoms with E-state index in [-0.39, 0.29) is 35.9 Å². The van der Waals surface area contributed by atoms with Gasteiger partial charge in [0.25, 0.3) is 0 Å². The summed E-state index contributed by atoms with van der Waals surface area (Å²) >= 11 is 0. The first-order valence-electron chi connectivity index (χ1n) is 9.57. The quantitative estimate of drug-likeness (QED) is 0.848. The van der Waals surface area contributed by atoms with Gasteiger partial charge < -0.3 is 5.32 Å². The first kappa shape index (κ1) is 18.8. The van der Waals surface area contributed by atoms with Gasteiger partial charge in [0.05, 0.1) is 11.2 Å². The van der Waals surface area contributed by atoms with Gasteiger partial charge in [-0.05, 0) is 50.3 Å². The number of sulfonamides is 1. The van der Waals surface area contributed by atoms with Crippen LogP contribution in [-0.4, -0.2) is 36.5 Å². The summed E-state index contributed by atoms with van der Waals surface area (Å²) in [5.41, 5.74) is -0.676. The van der Waals surface area contributed by atoms with Gasteiger partial charge in [0.1, 0.15) is 11.6 Å². The zero-order valence-corrected chi connectivity index (χ0v) is 15.9. The standard InChI is InChI=1S/C19H24F2N2O3S/c20-14-4-7-16(21)13(11-14)12-22-18(24)19-8-2-1-3-17(19)23(15-5-6-15)27(25,26)10-9-19/h4,7,11,15,17H,1-3,5-6,8-10,12H2,(H,22,24)/t17-,19-/m1/s1. The summed E-state index contributed by atoms with van der Waals surface area (Å²) in [5.74, 6) is -1.39. The summed E-state index contributed by atoms with van der Waals surface area (Å²) in [6.07, 6.45) is 5.07. The van der Waals surface area contributed by atoms with Crippen molar-refractivity contribution in [3.63, 3.8) is 0 Å². The van der Waals surface area contributed by atoms with Crippen molar-refractivity contribution in [2.24, 2.45) is 5.41 Å². The predicted molar refractivity (Wildman–Crippen MR) is 96.2 cm³/mol. The molecule has 2 aliphatic carbocycles. The third-order valence-corrected chi connectivity index (χ3v) is 8.14. The average Bonchev–Trinajstić information content (AvgIpc) is 3.46. The summed E-state index contributed by atoms with van der Waals surface area (Å²) in [7, 11) is -3.34. The molecule has 2 saturated carbocycles. The summed E-state index contributed by atoms with van der Waals surface area (Å²) < 4.78 is 54.1. The Morgan fingerprint density at radius 1 is 1.19 bits per heavy atom. The van der Waals surface area contributed by atoms with Gasteiger partial charge in [0.2, 0.25) is 15.9 Å². The number of hydrogen-bond donors (Lipinski definition) is 1. The number of rotatable bonds is 4. The Balaban J connectivity index is 1.58. The number of carbonyl (C=O) groups is 1. The fraction of sp³-hybridized carbons (Fsp3) is 0.632. The molecule has 0 radical (unpaired) electrons. The molecule has 5 nitrogen and oxygen atoms in total. The second-order valence-corrected chi connectivity index (χ2v) is 9.96. The number of benzene rings is 1. The Morgan fingerprint density at radius 2 is 1.96 bits per heavy atom. The molecule has 2 atom stereocenters. The van der Waals surface area contributed by atoms with Crippen LogP contribution in [0, 0.1) is 17.0 Å². The van der Waals surface area contributed by atoms with Gasteiger partial charge in [-0.3, -0.25) is 4.79 Å². The van der Waals surface area contributed by atoms with E-state index < -0.39 is 27.1 Å². The molecule has 1 N–H and O–H groups in total. The molecule has 0 aromatic heterocycles. The topological polar surface area (TPSA) is 66.5 Å². The smallest absolute Gasteiger partial charge is 0.228 e. The van der Waals surface area contributed by atoms with Crippen LogP contribution in [0.25, 0.3) is 0 Å². The van der Waals surface area contributed by atoms with E-state index in [1.165, 1.54) is 0 Å². The number of nitrogens with one attached hydrogen (secondary N) is 1. The Morgan fingerprint density at radius 3 is 2.70 bits per heavy atom. The summed E-state index contributed by atoms with van der Waals surface area (Å²) in [6, 6.07) is 2.85. The lowest BCUT2D eigenvalue weighted by molar-refractivity contribution is -0.137. The fourth-order valence-electron chi connectivity index (χ4n) is 4.71. The molecule has 27 heavy (non-hydrogen) atoms. The van der Waals surface area contributed by atoms with Gasteiger partial charge in [-0.1, -0.05) is 12.8 Å². The van der Waals surface area contributed by atoms with Crippen molar-refractivity contribution in [3.8, 4) is 0 Å².